The van der Waals surface area contributed by atoms with Gasteiger partial charge < -0.3 is 4.74 Å². The van der Waals surface area contributed by atoms with E-state index in [0.717, 1.165) is 22.2 Å². The standard InChI is InChI=1S/C26H31N3O5S/c1-17(2)29-13-20(24(14-29)26(30)28-31)16-35(32,33)22-10-8-21(9-11-22)34-15-19-12-18(3)27-25-7-5-4-6-23(19)25/h4-12,17,20,24,31H,13-16H2,1-3H3,(H,28,30). The lowest BCUT2D eigenvalue weighted by molar-refractivity contribution is -0.133. The Morgan fingerprint density at radius 3 is 2.57 bits per heavy atom. The van der Waals surface area contributed by atoms with Gasteiger partial charge >= 0.3 is 0 Å². The highest BCUT2D eigenvalue weighted by Crippen LogP contribution is 2.29. The average Bonchev–Trinajstić information content (AvgIpc) is 3.25. The summed E-state index contributed by atoms with van der Waals surface area (Å²) in [7, 11) is -3.64. The van der Waals surface area contributed by atoms with E-state index in [2.05, 4.69) is 9.88 Å². The SMILES string of the molecule is Cc1cc(COc2ccc(S(=O)(=O)CC3CN(C(C)C)CC3C(=O)NO)cc2)c2ccccc2n1. The number of hydroxylamine groups is 1. The number of benzene rings is 2. The molecule has 2 heterocycles. The molecule has 9 heteroatoms. The Hall–Kier alpha value is -3.01. The number of rotatable bonds is 8. The van der Waals surface area contributed by atoms with Crippen LogP contribution in [0.5, 0.6) is 5.75 Å². The van der Waals surface area contributed by atoms with Gasteiger partial charge in [0.25, 0.3) is 0 Å². The van der Waals surface area contributed by atoms with Crippen LogP contribution < -0.4 is 10.2 Å². The molecule has 0 spiro atoms. The lowest BCUT2D eigenvalue weighted by Crippen LogP contribution is -2.35. The number of nitrogens with zero attached hydrogens (tertiary/aromatic N) is 2. The largest absolute Gasteiger partial charge is 0.489 e. The molecular weight excluding hydrogens is 466 g/mol. The van der Waals surface area contributed by atoms with Crippen LogP contribution in [0.2, 0.25) is 0 Å². The smallest absolute Gasteiger partial charge is 0.248 e. The van der Waals surface area contributed by atoms with Gasteiger partial charge in [-0.2, -0.15) is 0 Å². The van der Waals surface area contributed by atoms with E-state index in [1.165, 1.54) is 12.1 Å². The Morgan fingerprint density at radius 2 is 1.89 bits per heavy atom. The minimum absolute atomic E-state index is 0.170. The van der Waals surface area contributed by atoms with Crippen LogP contribution in [-0.4, -0.2) is 54.3 Å². The first-order chi connectivity index (χ1) is 16.7. The number of amides is 1. The van der Waals surface area contributed by atoms with E-state index in [1.807, 2.05) is 51.1 Å². The summed E-state index contributed by atoms with van der Waals surface area (Å²) < 4.78 is 32.2. The van der Waals surface area contributed by atoms with E-state index in [0.29, 0.717) is 25.4 Å². The third-order valence-corrected chi connectivity index (χ3v) is 8.44. The molecule has 2 unspecified atom stereocenters. The number of likely N-dealkylation sites (tertiary alicyclic amines) is 1. The van der Waals surface area contributed by atoms with Crippen molar-refractivity contribution in [3.8, 4) is 5.75 Å². The molecule has 0 bridgehead atoms. The van der Waals surface area contributed by atoms with E-state index < -0.39 is 27.6 Å². The van der Waals surface area contributed by atoms with Crippen molar-refractivity contribution in [1.82, 2.24) is 15.4 Å². The van der Waals surface area contributed by atoms with Gasteiger partial charge in [0, 0.05) is 35.8 Å². The third kappa shape index (κ3) is 5.63. The van der Waals surface area contributed by atoms with Crippen molar-refractivity contribution in [2.75, 3.05) is 18.8 Å². The topological polar surface area (TPSA) is 109 Å². The highest BCUT2D eigenvalue weighted by atomic mass is 32.2. The normalized spacial score (nSPS) is 18.8. The molecule has 1 amide bonds. The predicted octanol–water partition coefficient (Wildman–Crippen LogP) is 3.36. The molecule has 1 aromatic heterocycles. The van der Waals surface area contributed by atoms with Crippen LogP contribution in [0.1, 0.15) is 25.1 Å². The van der Waals surface area contributed by atoms with Gasteiger partial charge in [-0.05, 0) is 63.1 Å². The zero-order valence-electron chi connectivity index (χ0n) is 20.1. The molecule has 35 heavy (non-hydrogen) atoms. The van der Waals surface area contributed by atoms with Crippen LogP contribution in [0, 0.1) is 18.8 Å². The zero-order chi connectivity index (χ0) is 25.2. The summed E-state index contributed by atoms with van der Waals surface area (Å²) in [6.07, 6.45) is 0. The molecule has 1 saturated heterocycles. The van der Waals surface area contributed by atoms with Crippen molar-refractivity contribution in [3.05, 3.63) is 65.9 Å². The molecule has 8 nitrogen and oxygen atoms in total. The number of carbonyl (C=O) groups excluding carboxylic acids is 1. The van der Waals surface area contributed by atoms with Gasteiger partial charge in [0.1, 0.15) is 12.4 Å². The first-order valence-electron chi connectivity index (χ1n) is 11.7. The molecule has 186 valence electrons. The molecule has 1 aliphatic rings. The molecule has 0 saturated carbocycles. The van der Waals surface area contributed by atoms with Gasteiger partial charge in [-0.15, -0.1) is 0 Å². The number of carbonyl (C=O) groups is 1. The molecular formula is C26H31N3O5S. The fraction of sp³-hybridized carbons (Fsp3) is 0.385. The number of para-hydroxylation sites is 1. The fourth-order valence-electron chi connectivity index (χ4n) is 4.67. The Morgan fingerprint density at radius 1 is 1.17 bits per heavy atom. The lowest BCUT2D eigenvalue weighted by Gasteiger charge is -2.20. The van der Waals surface area contributed by atoms with Crippen LogP contribution in [0.15, 0.2) is 59.5 Å². The van der Waals surface area contributed by atoms with Crippen LogP contribution in [0.25, 0.3) is 10.9 Å². The molecule has 3 aromatic rings. The number of nitrogens with one attached hydrogen (secondary N) is 1. The van der Waals surface area contributed by atoms with Gasteiger partial charge in [-0.3, -0.25) is 19.9 Å². The predicted molar refractivity (Wildman–Crippen MR) is 133 cm³/mol. The second-order valence-electron chi connectivity index (χ2n) is 9.37. The maximum atomic E-state index is 13.1. The Balaban J connectivity index is 1.46. The Bertz CT molecular complexity index is 1310. The molecule has 2 atom stereocenters. The van der Waals surface area contributed by atoms with Crippen molar-refractivity contribution < 1.29 is 23.2 Å². The molecule has 4 rings (SSSR count). The van der Waals surface area contributed by atoms with E-state index >= 15 is 0 Å². The molecule has 1 fully saturated rings. The minimum atomic E-state index is -3.64. The monoisotopic (exact) mass is 497 g/mol. The molecule has 0 radical (unpaired) electrons. The quantitative estimate of drug-likeness (QED) is 0.363. The van der Waals surface area contributed by atoms with Crippen molar-refractivity contribution in [2.24, 2.45) is 11.8 Å². The summed E-state index contributed by atoms with van der Waals surface area (Å²) in [5.41, 5.74) is 4.51. The maximum Gasteiger partial charge on any atom is 0.248 e. The van der Waals surface area contributed by atoms with E-state index in [9.17, 15) is 13.2 Å². The highest BCUT2D eigenvalue weighted by molar-refractivity contribution is 7.91. The lowest BCUT2D eigenvalue weighted by atomic mass is 9.97. The van der Waals surface area contributed by atoms with E-state index in [-0.39, 0.29) is 16.7 Å². The number of hydrogen-bond donors (Lipinski definition) is 2. The Kier molecular flexibility index (Phi) is 7.39. The van der Waals surface area contributed by atoms with Gasteiger partial charge in [0.2, 0.25) is 5.91 Å². The minimum Gasteiger partial charge on any atom is -0.489 e. The van der Waals surface area contributed by atoms with Crippen LogP contribution in [0.3, 0.4) is 0 Å². The fourth-order valence-corrected chi connectivity index (χ4v) is 6.32. The highest BCUT2D eigenvalue weighted by Gasteiger charge is 2.40. The van der Waals surface area contributed by atoms with Crippen molar-refractivity contribution in [3.63, 3.8) is 0 Å². The summed E-state index contributed by atoms with van der Waals surface area (Å²) in [6.45, 7) is 7.17. The van der Waals surface area contributed by atoms with Crippen molar-refractivity contribution in [1.29, 1.82) is 0 Å². The Labute approximate surface area is 205 Å². The zero-order valence-corrected chi connectivity index (χ0v) is 21.0. The van der Waals surface area contributed by atoms with Gasteiger partial charge in [0.05, 0.1) is 22.1 Å². The number of aromatic nitrogens is 1. The number of ether oxygens (including phenoxy) is 1. The van der Waals surface area contributed by atoms with Crippen LogP contribution in [0.4, 0.5) is 0 Å². The molecule has 1 aliphatic heterocycles. The van der Waals surface area contributed by atoms with Crippen LogP contribution >= 0.6 is 0 Å². The summed E-state index contributed by atoms with van der Waals surface area (Å²) in [5.74, 6) is -1.15. The second-order valence-corrected chi connectivity index (χ2v) is 11.4. The first-order valence-corrected chi connectivity index (χ1v) is 13.3. The van der Waals surface area contributed by atoms with Gasteiger partial charge in [-0.25, -0.2) is 13.9 Å². The number of fused-ring (bicyclic) bond motifs is 1. The van der Waals surface area contributed by atoms with Crippen molar-refractivity contribution in [2.45, 2.75) is 38.3 Å². The van der Waals surface area contributed by atoms with Crippen molar-refractivity contribution >= 4 is 26.6 Å². The number of sulfone groups is 1. The maximum absolute atomic E-state index is 13.1. The average molecular weight is 498 g/mol. The number of hydrogen-bond acceptors (Lipinski definition) is 7. The molecule has 2 aromatic carbocycles. The second kappa shape index (κ2) is 10.3. The van der Waals surface area contributed by atoms with Crippen LogP contribution in [-0.2, 0) is 21.2 Å². The third-order valence-electron chi connectivity index (χ3n) is 6.59. The summed E-state index contributed by atoms with van der Waals surface area (Å²) in [5, 5.41) is 10.1. The van der Waals surface area contributed by atoms with Gasteiger partial charge in [-0.1, -0.05) is 18.2 Å². The summed E-state index contributed by atoms with van der Waals surface area (Å²) in [4.78, 5) is 18.9. The van der Waals surface area contributed by atoms with E-state index in [4.69, 9.17) is 9.94 Å². The first kappa shape index (κ1) is 25.1. The van der Waals surface area contributed by atoms with E-state index in [1.54, 1.807) is 17.6 Å². The number of pyridine rings is 1. The molecule has 0 aliphatic carbocycles. The number of aryl methyl sites for hydroxylation is 1. The molecule has 2 N–H and O–H groups in total. The van der Waals surface area contributed by atoms with Gasteiger partial charge in [0.15, 0.2) is 9.84 Å². The summed E-state index contributed by atoms with van der Waals surface area (Å²) >= 11 is 0. The summed E-state index contributed by atoms with van der Waals surface area (Å²) in [6, 6.07) is 16.4.